The third-order valence-corrected chi connectivity index (χ3v) is 5.25. The summed E-state index contributed by atoms with van der Waals surface area (Å²) in [6.07, 6.45) is 2.47. The molecule has 1 aromatic carbocycles. The summed E-state index contributed by atoms with van der Waals surface area (Å²) in [6, 6.07) is 5.82. The summed E-state index contributed by atoms with van der Waals surface area (Å²) in [5.41, 5.74) is 1.07. The molecule has 0 saturated heterocycles. The van der Waals surface area contributed by atoms with Crippen molar-refractivity contribution in [2.24, 2.45) is 11.3 Å². The van der Waals surface area contributed by atoms with Gasteiger partial charge in [0, 0.05) is 14.6 Å². The first-order valence-corrected chi connectivity index (χ1v) is 8.05. The summed E-state index contributed by atoms with van der Waals surface area (Å²) < 4.78 is 1.93. The smallest absolute Gasteiger partial charge is 0.252 e. The molecule has 0 unspecified atom stereocenters. The van der Waals surface area contributed by atoms with Gasteiger partial charge in [-0.1, -0.05) is 13.8 Å². The number of nitrogens with one attached hydrogen (secondary N) is 1. The Hall–Kier alpha value is -0.100. The van der Waals surface area contributed by atoms with Crippen molar-refractivity contribution in [1.29, 1.82) is 0 Å². The number of carbonyl (C=O) groups is 1. The summed E-state index contributed by atoms with van der Waals surface area (Å²) in [7, 11) is 0. The van der Waals surface area contributed by atoms with Gasteiger partial charge in [0.25, 0.3) is 5.91 Å². The summed E-state index contributed by atoms with van der Waals surface area (Å²) in [5.74, 6) is 0.657. The van der Waals surface area contributed by atoms with Crippen LogP contribution in [0, 0.1) is 14.9 Å². The molecule has 98 valence electrons. The van der Waals surface area contributed by atoms with Gasteiger partial charge in [0.05, 0.1) is 5.56 Å². The molecule has 1 fully saturated rings. The number of benzene rings is 1. The standard InChI is InChI=1S/C14H17BrINO/c1-9(2)14(5-6-14)8-17-13(18)11-7-10(16)3-4-12(11)15/h3-4,7,9H,5-6,8H2,1-2H3,(H,17,18). The van der Waals surface area contributed by atoms with Crippen LogP contribution in [0.5, 0.6) is 0 Å². The zero-order valence-electron chi connectivity index (χ0n) is 10.6. The molecule has 1 N–H and O–H groups in total. The Kier molecular flexibility index (Phi) is 4.36. The summed E-state index contributed by atoms with van der Waals surface area (Å²) in [6.45, 7) is 5.27. The van der Waals surface area contributed by atoms with Crippen LogP contribution >= 0.6 is 38.5 Å². The van der Waals surface area contributed by atoms with Crippen LogP contribution in [0.15, 0.2) is 22.7 Å². The molecular formula is C14H17BrINO. The Labute approximate surface area is 130 Å². The third-order valence-electron chi connectivity index (χ3n) is 3.89. The molecule has 4 heteroatoms. The Morgan fingerprint density at radius 2 is 2.17 bits per heavy atom. The topological polar surface area (TPSA) is 29.1 Å². The molecular weight excluding hydrogens is 405 g/mol. The predicted molar refractivity (Wildman–Crippen MR) is 85.7 cm³/mol. The molecule has 1 aliphatic carbocycles. The van der Waals surface area contributed by atoms with E-state index in [0.29, 0.717) is 11.3 Å². The van der Waals surface area contributed by atoms with Crippen molar-refractivity contribution in [3.05, 3.63) is 31.8 Å². The summed E-state index contributed by atoms with van der Waals surface area (Å²) in [5, 5.41) is 3.08. The van der Waals surface area contributed by atoms with Crippen LogP contribution in [-0.2, 0) is 0 Å². The quantitative estimate of drug-likeness (QED) is 0.724. The van der Waals surface area contributed by atoms with Crippen molar-refractivity contribution in [3.8, 4) is 0 Å². The van der Waals surface area contributed by atoms with Crippen molar-refractivity contribution in [1.82, 2.24) is 5.32 Å². The average molecular weight is 422 g/mol. The minimum Gasteiger partial charge on any atom is -0.351 e. The minimum atomic E-state index is 0.0207. The molecule has 18 heavy (non-hydrogen) atoms. The maximum Gasteiger partial charge on any atom is 0.252 e. The fourth-order valence-electron chi connectivity index (χ4n) is 2.14. The number of hydrogen-bond acceptors (Lipinski definition) is 1. The van der Waals surface area contributed by atoms with E-state index in [1.165, 1.54) is 12.8 Å². The molecule has 0 radical (unpaired) electrons. The monoisotopic (exact) mass is 421 g/mol. The van der Waals surface area contributed by atoms with E-state index in [-0.39, 0.29) is 5.91 Å². The van der Waals surface area contributed by atoms with Gasteiger partial charge < -0.3 is 5.32 Å². The highest BCUT2D eigenvalue weighted by atomic mass is 127. The zero-order chi connectivity index (χ0) is 13.3. The van der Waals surface area contributed by atoms with Crippen LogP contribution < -0.4 is 5.32 Å². The lowest BCUT2D eigenvalue weighted by atomic mass is 9.92. The number of halogens is 2. The first-order valence-electron chi connectivity index (χ1n) is 6.18. The van der Waals surface area contributed by atoms with Crippen molar-refractivity contribution in [2.75, 3.05) is 6.54 Å². The van der Waals surface area contributed by atoms with E-state index in [2.05, 4.69) is 57.7 Å². The Bertz CT molecular complexity index is 469. The molecule has 0 aromatic heterocycles. The fraction of sp³-hybridized carbons (Fsp3) is 0.500. The van der Waals surface area contributed by atoms with E-state index in [1.807, 2.05) is 18.2 Å². The first kappa shape index (κ1) is 14.3. The second-order valence-electron chi connectivity index (χ2n) is 5.32. The maximum absolute atomic E-state index is 12.2. The maximum atomic E-state index is 12.2. The fourth-order valence-corrected chi connectivity index (χ4v) is 3.06. The van der Waals surface area contributed by atoms with Gasteiger partial charge in [0.2, 0.25) is 0 Å². The minimum absolute atomic E-state index is 0.0207. The Morgan fingerprint density at radius 1 is 1.50 bits per heavy atom. The molecule has 0 bridgehead atoms. The molecule has 1 saturated carbocycles. The number of hydrogen-bond donors (Lipinski definition) is 1. The van der Waals surface area contributed by atoms with E-state index >= 15 is 0 Å². The lowest BCUT2D eigenvalue weighted by molar-refractivity contribution is 0.0939. The van der Waals surface area contributed by atoms with Gasteiger partial charge in [-0.05, 0) is 80.9 Å². The molecule has 1 amide bonds. The van der Waals surface area contributed by atoms with E-state index < -0.39 is 0 Å². The van der Waals surface area contributed by atoms with Crippen LogP contribution in [0.3, 0.4) is 0 Å². The van der Waals surface area contributed by atoms with E-state index in [1.54, 1.807) is 0 Å². The van der Waals surface area contributed by atoms with Crippen molar-refractivity contribution >= 4 is 44.4 Å². The van der Waals surface area contributed by atoms with Crippen LogP contribution in [0.2, 0.25) is 0 Å². The van der Waals surface area contributed by atoms with Gasteiger partial charge in [-0.3, -0.25) is 4.79 Å². The second kappa shape index (κ2) is 5.49. The average Bonchev–Trinajstić information content (AvgIpc) is 3.10. The van der Waals surface area contributed by atoms with Crippen molar-refractivity contribution in [2.45, 2.75) is 26.7 Å². The van der Waals surface area contributed by atoms with Gasteiger partial charge in [-0.15, -0.1) is 0 Å². The summed E-state index contributed by atoms with van der Waals surface area (Å²) in [4.78, 5) is 12.2. The van der Waals surface area contributed by atoms with Crippen LogP contribution in [0.1, 0.15) is 37.0 Å². The molecule has 2 nitrogen and oxygen atoms in total. The molecule has 0 spiro atoms. The van der Waals surface area contributed by atoms with Crippen LogP contribution in [0.4, 0.5) is 0 Å². The molecule has 1 aromatic rings. The van der Waals surface area contributed by atoms with Gasteiger partial charge >= 0.3 is 0 Å². The van der Waals surface area contributed by atoms with E-state index in [0.717, 1.165) is 20.2 Å². The van der Waals surface area contributed by atoms with Gasteiger partial charge in [-0.25, -0.2) is 0 Å². The Morgan fingerprint density at radius 3 is 2.72 bits per heavy atom. The molecule has 0 heterocycles. The second-order valence-corrected chi connectivity index (χ2v) is 7.42. The molecule has 0 atom stereocenters. The molecule has 2 rings (SSSR count). The Balaban J connectivity index is 2.02. The van der Waals surface area contributed by atoms with E-state index in [9.17, 15) is 4.79 Å². The zero-order valence-corrected chi connectivity index (χ0v) is 14.3. The van der Waals surface area contributed by atoms with Gasteiger partial charge in [0.15, 0.2) is 0 Å². The predicted octanol–water partition coefficient (Wildman–Crippen LogP) is 4.22. The third kappa shape index (κ3) is 3.07. The van der Waals surface area contributed by atoms with Gasteiger partial charge in [0.1, 0.15) is 0 Å². The lowest BCUT2D eigenvalue weighted by Crippen LogP contribution is -2.32. The number of amides is 1. The summed E-state index contributed by atoms with van der Waals surface area (Å²) >= 11 is 5.65. The highest BCUT2D eigenvalue weighted by molar-refractivity contribution is 14.1. The van der Waals surface area contributed by atoms with E-state index in [4.69, 9.17) is 0 Å². The normalized spacial score (nSPS) is 16.7. The first-order chi connectivity index (χ1) is 8.44. The van der Waals surface area contributed by atoms with Gasteiger partial charge in [-0.2, -0.15) is 0 Å². The SMILES string of the molecule is CC(C)C1(CNC(=O)c2cc(I)ccc2Br)CC1. The van der Waals surface area contributed by atoms with Crippen LogP contribution in [0.25, 0.3) is 0 Å². The largest absolute Gasteiger partial charge is 0.351 e. The molecule has 1 aliphatic rings. The number of carbonyl (C=O) groups excluding carboxylic acids is 1. The number of rotatable bonds is 4. The van der Waals surface area contributed by atoms with Crippen molar-refractivity contribution < 1.29 is 4.79 Å². The van der Waals surface area contributed by atoms with Crippen LogP contribution in [-0.4, -0.2) is 12.5 Å². The van der Waals surface area contributed by atoms with Crippen molar-refractivity contribution in [3.63, 3.8) is 0 Å². The molecule has 0 aliphatic heterocycles. The lowest BCUT2D eigenvalue weighted by Gasteiger charge is -2.20. The highest BCUT2D eigenvalue weighted by Crippen LogP contribution is 2.51. The highest BCUT2D eigenvalue weighted by Gasteiger charge is 2.45.